The van der Waals surface area contributed by atoms with Gasteiger partial charge in [-0.05, 0) is 125 Å². The van der Waals surface area contributed by atoms with Crippen LogP contribution in [0, 0.1) is 11.6 Å². The Labute approximate surface area is 545 Å². The molecule has 0 amide bonds. The minimum absolute atomic E-state index is 0.0577. The third kappa shape index (κ3) is 14.7. The van der Waals surface area contributed by atoms with E-state index in [1.807, 2.05) is 135 Å². The largest absolute Gasteiger partial charge is 0.586 e. The Morgan fingerprint density at radius 3 is 1.24 bits per heavy atom. The van der Waals surface area contributed by atoms with Gasteiger partial charge in [-0.1, -0.05) is 131 Å². The Morgan fingerprint density at radius 1 is 0.495 bits per heavy atom. The fraction of sp³-hybridized carbons (Fsp3) is 0.360. The first-order valence-corrected chi connectivity index (χ1v) is 31.7. The summed E-state index contributed by atoms with van der Waals surface area (Å²) < 4.78 is 125. The molecule has 4 heterocycles. The molecule has 20 heteroatoms. The molecule has 0 unspecified atom stereocenters. The average molecular weight is 1310 g/mol. The maximum atomic E-state index is 16.0. The number of carbonyl (C=O) groups is 2. The maximum Gasteiger partial charge on any atom is 0.586 e. The van der Waals surface area contributed by atoms with Gasteiger partial charge in [-0.2, -0.15) is 0 Å². The zero-order chi connectivity index (χ0) is 67.1. The molecule has 0 bridgehead atoms. The summed E-state index contributed by atoms with van der Waals surface area (Å²) >= 11 is 0. The molecule has 4 aliphatic rings. The zero-order valence-corrected chi connectivity index (χ0v) is 53.0. The smallest absolute Gasteiger partial charge is 0.395 e. The van der Waals surface area contributed by atoms with Crippen molar-refractivity contribution in [2.24, 2.45) is 0 Å². The second kappa shape index (κ2) is 26.6. The summed E-state index contributed by atoms with van der Waals surface area (Å²) in [5, 5.41) is 33.5. The van der Waals surface area contributed by atoms with Gasteiger partial charge in [0, 0.05) is 45.8 Å². The first-order chi connectivity index (χ1) is 45.3. The van der Waals surface area contributed by atoms with Crippen LogP contribution in [0.15, 0.2) is 164 Å². The van der Waals surface area contributed by atoms with E-state index >= 15 is 8.78 Å². The van der Waals surface area contributed by atoms with Crippen LogP contribution in [0.4, 0.5) is 26.3 Å². The third-order valence-electron chi connectivity index (χ3n) is 18.3. The van der Waals surface area contributed by atoms with E-state index in [-0.39, 0.29) is 91.4 Å². The van der Waals surface area contributed by atoms with Crippen molar-refractivity contribution in [3.63, 3.8) is 0 Å². The van der Waals surface area contributed by atoms with Gasteiger partial charge in [0.1, 0.15) is 23.2 Å². The molecule has 0 saturated heterocycles. The number of aliphatic hydroxyl groups excluding tert-OH is 3. The molecule has 2 saturated carbocycles. The molecule has 2 fully saturated rings. The van der Waals surface area contributed by atoms with E-state index in [0.29, 0.717) is 85.4 Å². The molecule has 13 rings (SSSR count). The van der Waals surface area contributed by atoms with E-state index in [4.69, 9.17) is 14.2 Å². The lowest BCUT2D eigenvalue weighted by Gasteiger charge is -2.28. The van der Waals surface area contributed by atoms with Gasteiger partial charge in [-0.25, -0.2) is 8.78 Å². The molecule has 498 valence electrons. The van der Waals surface area contributed by atoms with Crippen LogP contribution < -0.4 is 18.9 Å². The molecule has 3 N–H and O–H groups in total. The van der Waals surface area contributed by atoms with Gasteiger partial charge in [-0.3, -0.25) is 9.59 Å². The number of ether oxygens (including phenoxy) is 7. The fourth-order valence-corrected chi connectivity index (χ4v) is 12.8. The van der Waals surface area contributed by atoms with Crippen molar-refractivity contribution < 1.29 is 84.4 Å². The Bertz CT molecular complexity index is 4260. The average Bonchev–Trinajstić information content (AvgIpc) is 1.60. The van der Waals surface area contributed by atoms with Crippen LogP contribution in [0.25, 0.3) is 21.8 Å². The van der Waals surface area contributed by atoms with E-state index < -0.39 is 58.1 Å². The third-order valence-corrected chi connectivity index (χ3v) is 18.3. The van der Waals surface area contributed by atoms with Gasteiger partial charge < -0.3 is 57.6 Å². The SMILES string of the molecule is CC(C)(CO)c1cc2cc(CC(=O)C3(c4ccc5c(c4)OC(F)(F)O5)CC3)c(F)cc2n1C[C@@H](O)COCc1ccccc1.CC(C)(COCc1ccccc1)c1cc2cc(CC(=O)C3(c4ccc5c(c4)OC(F)(F)O5)CC3)c(F)cc2n1C[C@@H](O)COCc1ccccc1. The number of fused-ring (bicyclic) bond motifs is 4. The number of carbonyl (C=O) groups excluding carboxylic acids is 2. The summed E-state index contributed by atoms with van der Waals surface area (Å²) in [7, 11) is 0. The van der Waals surface area contributed by atoms with Crippen molar-refractivity contribution in [1.82, 2.24) is 9.13 Å². The highest BCUT2D eigenvalue weighted by Crippen LogP contribution is 2.54. The lowest BCUT2D eigenvalue weighted by molar-refractivity contribution is -0.287. The summed E-state index contributed by atoms with van der Waals surface area (Å²) in [6.45, 7) is 9.49. The van der Waals surface area contributed by atoms with Crippen LogP contribution in [0.1, 0.15) is 104 Å². The van der Waals surface area contributed by atoms with Crippen molar-refractivity contribution >= 4 is 33.4 Å². The lowest BCUT2D eigenvalue weighted by atomic mass is 9.87. The van der Waals surface area contributed by atoms with Crippen LogP contribution in [0.3, 0.4) is 0 Å². The molecule has 2 atom stereocenters. The minimum atomic E-state index is -3.76. The van der Waals surface area contributed by atoms with Crippen molar-refractivity contribution in [2.75, 3.05) is 26.4 Å². The Kier molecular flexibility index (Phi) is 18.6. The van der Waals surface area contributed by atoms with E-state index in [1.165, 1.54) is 36.4 Å². The first kappa shape index (κ1) is 66.5. The molecule has 0 radical (unpaired) electrons. The molecule has 2 aromatic heterocycles. The minimum Gasteiger partial charge on any atom is -0.395 e. The Balaban J connectivity index is 0.000000184. The monoisotopic (exact) mass is 1310 g/mol. The topological polar surface area (TPSA) is 169 Å². The predicted octanol–water partition coefficient (Wildman–Crippen LogP) is 13.8. The number of ketones is 2. The highest BCUT2D eigenvalue weighted by molar-refractivity contribution is 5.97. The summed E-state index contributed by atoms with van der Waals surface area (Å²) in [5.41, 5.74) is 4.12. The number of rotatable bonds is 27. The standard InChI is InChI=1S/C41H40F3NO6.C34H34F3NO6/c1-39(2,26-49-24-28-11-7-4-8-12-28)37-18-30-17-29(19-38(47)40(15-16-40)31-13-14-35-36(20-31)51-41(43,44)50-35)33(42)21-34(30)45(37)22-32(46)25-48-23-27-9-5-3-6-10-27;1-32(2,20-39)30-13-23-12-22(14-31(41)33(10-11-33)24-8-9-28-29(15-24)44-34(36,37)43-28)26(35)16-27(23)38(30)17-25(40)19-42-18-21-6-4-3-5-7-21/h3-14,17-18,20-21,32,46H,15-16,19,22-26H2,1-2H3;3-9,12-13,15-16,25,39-40H,10-11,14,17-20H2,1-2H3/t32-;25-/m11/s1. The number of Topliss-reactive ketones (excluding diaryl/α,β-unsaturated/α-hetero) is 2. The molecule has 95 heavy (non-hydrogen) atoms. The summed E-state index contributed by atoms with van der Waals surface area (Å²) in [5.74, 6) is -1.99. The highest BCUT2D eigenvalue weighted by atomic mass is 19.3. The number of aromatic nitrogens is 2. The number of alkyl halides is 4. The number of hydrogen-bond acceptors (Lipinski definition) is 12. The number of benzene rings is 7. The summed E-state index contributed by atoms with van der Waals surface area (Å²) in [6, 6.07) is 47.8. The van der Waals surface area contributed by atoms with E-state index in [1.54, 1.807) is 28.8 Å². The number of nitrogens with zero attached hydrogens (tertiary/aromatic N) is 2. The van der Waals surface area contributed by atoms with Crippen molar-refractivity contribution in [1.29, 1.82) is 0 Å². The zero-order valence-electron chi connectivity index (χ0n) is 53.0. The lowest BCUT2D eigenvalue weighted by Crippen LogP contribution is -2.30. The van der Waals surface area contributed by atoms with Gasteiger partial charge in [-0.15, -0.1) is 17.6 Å². The van der Waals surface area contributed by atoms with E-state index in [0.717, 1.165) is 27.8 Å². The van der Waals surface area contributed by atoms with E-state index in [9.17, 15) is 42.5 Å². The summed E-state index contributed by atoms with van der Waals surface area (Å²) in [4.78, 5) is 27.3. The van der Waals surface area contributed by atoms with Crippen LogP contribution in [-0.4, -0.2) is 87.2 Å². The van der Waals surface area contributed by atoms with Crippen LogP contribution in [0.2, 0.25) is 0 Å². The molecule has 7 aromatic carbocycles. The number of halogens is 6. The van der Waals surface area contributed by atoms with Crippen molar-refractivity contribution in [2.45, 2.75) is 146 Å². The van der Waals surface area contributed by atoms with Gasteiger partial charge in [0.2, 0.25) is 0 Å². The maximum absolute atomic E-state index is 16.0. The van der Waals surface area contributed by atoms with Crippen LogP contribution in [-0.2, 0) is 91.2 Å². The quantitative estimate of drug-likeness (QED) is 0.0417. The second-order valence-electron chi connectivity index (χ2n) is 26.5. The Morgan fingerprint density at radius 2 is 0.863 bits per heavy atom. The van der Waals surface area contributed by atoms with E-state index in [2.05, 4.69) is 18.9 Å². The van der Waals surface area contributed by atoms with Crippen LogP contribution >= 0.6 is 0 Å². The summed E-state index contributed by atoms with van der Waals surface area (Å²) in [6.07, 6.45) is -7.59. The van der Waals surface area contributed by atoms with Gasteiger partial charge in [0.25, 0.3) is 0 Å². The molecule has 14 nitrogen and oxygen atoms in total. The predicted molar refractivity (Wildman–Crippen MR) is 342 cm³/mol. The number of hydrogen-bond donors (Lipinski definition) is 3. The molecule has 2 aliphatic carbocycles. The first-order valence-electron chi connectivity index (χ1n) is 31.7. The second-order valence-corrected chi connectivity index (χ2v) is 26.5. The fourth-order valence-electron chi connectivity index (χ4n) is 12.8. The molecule has 0 spiro atoms. The van der Waals surface area contributed by atoms with Crippen molar-refractivity contribution in [3.05, 3.63) is 226 Å². The normalized spacial score (nSPS) is 16.7. The molecular weight excluding hydrogens is 1230 g/mol. The van der Waals surface area contributed by atoms with Gasteiger partial charge in [0.05, 0.1) is 93.4 Å². The van der Waals surface area contributed by atoms with Crippen LogP contribution in [0.5, 0.6) is 23.0 Å². The molecule has 9 aromatic rings. The van der Waals surface area contributed by atoms with Gasteiger partial charge >= 0.3 is 12.6 Å². The Hall–Kier alpha value is -8.50. The molecular formula is C75H74F6N2O12. The highest BCUT2D eigenvalue weighted by Gasteiger charge is 2.54. The van der Waals surface area contributed by atoms with Gasteiger partial charge in [0.15, 0.2) is 23.0 Å². The van der Waals surface area contributed by atoms with Crippen molar-refractivity contribution in [3.8, 4) is 23.0 Å². The molecule has 2 aliphatic heterocycles. The number of aliphatic hydroxyl groups is 3.